The first-order valence-electron chi connectivity index (χ1n) is 9.74. The van der Waals surface area contributed by atoms with Gasteiger partial charge < -0.3 is 11.1 Å². The number of nitrogens with two attached hydrogens (primary N) is 1. The smallest absolute Gasteiger partial charge is 0.251 e. The van der Waals surface area contributed by atoms with E-state index in [2.05, 4.69) is 15.3 Å². The molecule has 0 unspecified atom stereocenters. The van der Waals surface area contributed by atoms with Gasteiger partial charge in [0.1, 0.15) is 0 Å². The molecule has 144 valence electrons. The normalized spacial score (nSPS) is 10.6. The van der Waals surface area contributed by atoms with Gasteiger partial charge in [-0.05, 0) is 66.9 Å². The highest BCUT2D eigenvalue weighted by Crippen LogP contribution is 2.23. The lowest BCUT2D eigenvalue weighted by atomic mass is 10.0. The summed E-state index contributed by atoms with van der Waals surface area (Å²) in [6.07, 6.45) is 7.79. The number of aromatic nitrogens is 2. The van der Waals surface area contributed by atoms with Gasteiger partial charge in [0.25, 0.3) is 5.91 Å². The molecule has 1 amide bonds. The van der Waals surface area contributed by atoms with E-state index >= 15 is 0 Å². The van der Waals surface area contributed by atoms with E-state index in [0.29, 0.717) is 12.1 Å². The third kappa shape index (κ3) is 5.47. The lowest BCUT2D eigenvalue weighted by Gasteiger charge is -2.07. The molecule has 3 aromatic rings. The van der Waals surface area contributed by atoms with Gasteiger partial charge in [-0.1, -0.05) is 31.0 Å². The van der Waals surface area contributed by atoms with Crippen molar-refractivity contribution < 1.29 is 4.79 Å². The summed E-state index contributed by atoms with van der Waals surface area (Å²) in [7, 11) is 0. The molecule has 0 bridgehead atoms. The highest BCUT2D eigenvalue weighted by Gasteiger charge is 2.07. The van der Waals surface area contributed by atoms with Crippen LogP contribution >= 0.6 is 0 Å². The fourth-order valence-electron chi connectivity index (χ4n) is 3.01. The average molecular weight is 374 g/mol. The Morgan fingerprint density at radius 2 is 1.61 bits per heavy atom. The largest absolute Gasteiger partial charge is 0.352 e. The number of nitrogens with one attached hydrogen (secondary N) is 1. The summed E-state index contributed by atoms with van der Waals surface area (Å²) in [5.74, 6) is -0.0331. The van der Waals surface area contributed by atoms with Crippen LogP contribution in [0.15, 0.2) is 67.0 Å². The van der Waals surface area contributed by atoms with Crippen LogP contribution in [0.4, 0.5) is 0 Å². The number of carbonyl (C=O) groups is 1. The minimum Gasteiger partial charge on any atom is -0.352 e. The summed E-state index contributed by atoms with van der Waals surface area (Å²) in [5.41, 5.74) is 9.91. The van der Waals surface area contributed by atoms with E-state index in [4.69, 9.17) is 5.73 Å². The van der Waals surface area contributed by atoms with E-state index in [0.717, 1.165) is 54.7 Å². The Bertz CT molecular complexity index is 879. The molecule has 28 heavy (non-hydrogen) atoms. The molecule has 3 N–H and O–H groups in total. The van der Waals surface area contributed by atoms with Gasteiger partial charge in [0.05, 0.1) is 11.4 Å². The van der Waals surface area contributed by atoms with Crippen molar-refractivity contribution in [1.82, 2.24) is 15.3 Å². The number of amides is 1. The molecule has 5 heteroatoms. The van der Waals surface area contributed by atoms with Gasteiger partial charge in [-0.25, -0.2) is 0 Å². The highest BCUT2D eigenvalue weighted by atomic mass is 16.1. The topological polar surface area (TPSA) is 80.9 Å². The van der Waals surface area contributed by atoms with Crippen LogP contribution < -0.4 is 11.1 Å². The molecule has 1 aromatic carbocycles. The van der Waals surface area contributed by atoms with E-state index in [1.165, 1.54) is 0 Å². The average Bonchev–Trinajstić information content (AvgIpc) is 2.77. The van der Waals surface area contributed by atoms with Gasteiger partial charge in [0, 0.05) is 24.5 Å². The summed E-state index contributed by atoms with van der Waals surface area (Å²) in [6.45, 7) is 1.43. The van der Waals surface area contributed by atoms with Crippen molar-refractivity contribution in [2.45, 2.75) is 25.7 Å². The molecule has 2 heterocycles. The van der Waals surface area contributed by atoms with Crippen LogP contribution in [0.2, 0.25) is 0 Å². The molecule has 0 spiro atoms. The van der Waals surface area contributed by atoms with Crippen molar-refractivity contribution in [3.63, 3.8) is 0 Å². The lowest BCUT2D eigenvalue weighted by molar-refractivity contribution is 0.0953. The minimum atomic E-state index is -0.0331. The maximum Gasteiger partial charge on any atom is 0.251 e. The zero-order chi connectivity index (χ0) is 19.6. The monoisotopic (exact) mass is 374 g/mol. The molecule has 2 aromatic heterocycles. The van der Waals surface area contributed by atoms with Crippen molar-refractivity contribution in [2.24, 2.45) is 5.73 Å². The van der Waals surface area contributed by atoms with Crippen LogP contribution in [0.5, 0.6) is 0 Å². The predicted molar refractivity (Wildman–Crippen MR) is 113 cm³/mol. The SMILES string of the molecule is NCCCCCCNC(=O)c1ccc(-c2ccnc(-c3ccccn3)c2)cc1. The summed E-state index contributed by atoms with van der Waals surface area (Å²) < 4.78 is 0. The van der Waals surface area contributed by atoms with Crippen LogP contribution in [-0.4, -0.2) is 29.0 Å². The Balaban J connectivity index is 1.61. The van der Waals surface area contributed by atoms with Crippen LogP contribution in [0.25, 0.3) is 22.5 Å². The summed E-state index contributed by atoms with van der Waals surface area (Å²) in [6, 6.07) is 17.4. The maximum absolute atomic E-state index is 12.3. The first-order chi connectivity index (χ1) is 13.8. The highest BCUT2D eigenvalue weighted by molar-refractivity contribution is 5.94. The number of pyridine rings is 2. The van der Waals surface area contributed by atoms with Crippen LogP contribution in [0.1, 0.15) is 36.0 Å². The van der Waals surface area contributed by atoms with Gasteiger partial charge in [0.2, 0.25) is 0 Å². The number of rotatable bonds is 9. The number of hydrogen-bond donors (Lipinski definition) is 2. The molecule has 0 fully saturated rings. The number of carbonyl (C=O) groups excluding carboxylic acids is 1. The van der Waals surface area contributed by atoms with E-state index in [-0.39, 0.29) is 5.91 Å². The fraction of sp³-hybridized carbons (Fsp3) is 0.261. The molecule has 0 aliphatic rings. The van der Waals surface area contributed by atoms with Crippen molar-refractivity contribution >= 4 is 5.91 Å². The quantitative estimate of drug-likeness (QED) is 0.554. The zero-order valence-corrected chi connectivity index (χ0v) is 16.0. The van der Waals surface area contributed by atoms with Crippen LogP contribution in [-0.2, 0) is 0 Å². The van der Waals surface area contributed by atoms with Crippen LogP contribution in [0.3, 0.4) is 0 Å². The van der Waals surface area contributed by atoms with Gasteiger partial charge in [-0.3, -0.25) is 14.8 Å². The van der Waals surface area contributed by atoms with Gasteiger partial charge in [-0.15, -0.1) is 0 Å². The van der Waals surface area contributed by atoms with Crippen molar-refractivity contribution in [2.75, 3.05) is 13.1 Å². The van der Waals surface area contributed by atoms with E-state index in [1.807, 2.05) is 54.6 Å². The second-order valence-electron chi connectivity index (χ2n) is 6.68. The molecular formula is C23H26N4O. The van der Waals surface area contributed by atoms with Gasteiger partial charge in [-0.2, -0.15) is 0 Å². The molecule has 0 aliphatic heterocycles. The third-order valence-electron chi connectivity index (χ3n) is 4.58. The maximum atomic E-state index is 12.3. The first-order valence-corrected chi connectivity index (χ1v) is 9.74. The van der Waals surface area contributed by atoms with Crippen molar-refractivity contribution in [3.8, 4) is 22.5 Å². The predicted octanol–water partition coefficient (Wildman–Crippen LogP) is 4.06. The Hall–Kier alpha value is -3.05. The molecule has 0 radical (unpaired) electrons. The standard InChI is InChI=1S/C23H26N4O/c24-13-4-1-2-5-15-27-23(28)19-10-8-18(9-11-19)20-12-16-26-22(17-20)21-7-3-6-14-25-21/h3,6-12,14,16-17H,1-2,4-5,13,15,24H2,(H,27,28). The Kier molecular flexibility index (Phi) is 7.27. The van der Waals surface area contributed by atoms with E-state index < -0.39 is 0 Å². The summed E-state index contributed by atoms with van der Waals surface area (Å²) in [5, 5.41) is 2.98. The molecule has 0 saturated heterocycles. The van der Waals surface area contributed by atoms with Gasteiger partial charge >= 0.3 is 0 Å². The molecular weight excluding hydrogens is 348 g/mol. The second kappa shape index (κ2) is 10.3. The zero-order valence-electron chi connectivity index (χ0n) is 16.0. The summed E-state index contributed by atoms with van der Waals surface area (Å²) in [4.78, 5) is 21.0. The Labute approximate surface area is 166 Å². The molecule has 3 rings (SSSR count). The third-order valence-corrected chi connectivity index (χ3v) is 4.58. The number of hydrogen-bond acceptors (Lipinski definition) is 4. The van der Waals surface area contributed by atoms with Crippen molar-refractivity contribution in [3.05, 3.63) is 72.6 Å². The lowest BCUT2D eigenvalue weighted by Crippen LogP contribution is -2.24. The minimum absolute atomic E-state index is 0.0331. The van der Waals surface area contributed by atoms with Crippen LogP contribution in [0, 0.1) is 0 Å². The number of benzene rings is 1. The van der Waals surface area contributed by atoms with E-state index in [9.17, 15) is 4.79 Å². The van der Waals surface area contributed by atoms with Crippen molar-refractivity contribution in [1.29, 1.82) is 0 Å². The Morgan fingerprint density at radius 3 is 2.36 bits per heavy atom. The van der Waals surface area contributed by atoms with E-state index in [1.54, 1.807) is 12.4 Å². The molecule has 0 saturated carbocycles. The Morgan fingerprint density at radius 1 is 0.821 bits per heavy atom. The van der Waals surface area contributed by atoms with Gasteiger partial charge in [0.15, 0.2) is 0 Å². The number of nitrogens with zero attached hydrogens (tertiary/aromatic N) is 2. The molecule has 0 aliphatic carbocycles. The molecule has 5 nitrogen and oxygen atoms in total. The second-order valence-corrected chi connectivity index (χ2v) is 6.68. The molecule has 0 atom stereocenters. The first kappa shape index (κ1) is 19.7. The summed E-state index contributed by atoms with van der Waals surface area (Å²) >= 11 is 0. The fourth-order valence-corrected chi connectivity index (χ4v) is 3.01. The number of unbranched alkanes of at least 4 members (excludes halogenated alkanes) is 3.